The normalized spacial score (nSPS) is 10.7. The Morgan fingerprint density at radius 3 is 2.67 bits per heavy atom. The molecule has 0 radical (unpaired) electrons. The molecule has 0 saturated heterocycles. The van der Waals surface area contributed by atoms with Crippen LogP contribution in [0.3, 0.4) is 0 Å². The third-order valence-electron chi connectivity index (χ3n) is 3.02. The maximum Gasteiger partial charge on any atom is 0.147 e. The van der Waals surface area contributed by atoms with Crippen molar-refractivity contribution in [2.75, 3.05) is 5.73 Å². The van der Waals surface area contributed by atoms with Gasteiger partial charge in [-0.15, -0.1) is 11.8 Å². The van der Waals surface area contributed by atoms with Crippen molar-refractivity contribution in [3.8, 4) is 5.69 Å². The summed E-state index contributed by atoms with van der Waals surface area (Å²) in [5.41, 5.74) is 7.60. The van der Waals surface area contributed by atoms with Gasteiger partial charge >= 0.3 is 0 Å². The highest BCUT2D eigenvalue weighted by Crippen LogP contribution is 2.25. The maximum absolute atomic E-state index is 13.4. The van der Waals surface area contributed by atoms with E-state index in [1.54, 1.807) is 6.07 Å². The van der Waals surface area contributed by atoms with Gasteiger partial charge in [0.05, 0.1) is 17.1 Å². The van der Waals surface area contributed by atoms with E-state index in [1.165, 1.54) is 17.8 Å². The zero-order chi connectivity index (χ0) is 14.7. The zero-order valence-corrected chi connectivity index (χ0v) is 12.1. The van der Waals surface area contributed by atoms with Crippen LogP contribution in [0.2, 0.25) is 0 Å². The van der Waals surface area contributed by atoms with Gasteiger partial charge in [0, 0.05) is 16.8 Å². The number of nitrogens with zero attached hydrogens (tertiary/aromatic N) is 2. The molecule has 1 aromatic heterocycles. The Hall–Kier alpha value is -2.27. The van der Waals surface area contributed by atoms with Crippen LogP contribution in [0, 0.1) is 5.82 Å². The van der Waals surface area contributed by atoms with Crippen LogP contribution in [-0.4, -0.2) is 9.78 Å². The molecule has 0 aliphatic rings. The molecule has 2 N–H and O–H groups in total. The summed E-state index contributed by atoms with van der Waals surface area (Å²) in [5.74, 6) is 0.304. The highest BCUT2D eigenvalue weighted by Gasteiger charge is 2.04. The molecule has 0 atom stereocenters. The summed E-state index contributed by atoms with van der Waals surface area (Å²) < 4.78 is 15.2. The van der Waals surface area contributed by atoms with E-state index in [2.05, 4.69) is 5.10 Å². The number of anilines is 1. The molecular formula is C16H14FN3S. The van der Waals surface area contributed by atoms with Gasteiger partial charge < -0.3 is 5.73 Å². The fourth-order valence-corrected chi connectivity index (χ4v) is 2.74. The van der Waals surface area contributed by atoms with E-state index in [-0.39, 0.29) is 11.5 Å². The molecule has 0 fully saturated rings. The molecule has 3 rings (SSSR count). The molecule has 0 amide bonds. The van der Waals surface area contributed by atoms with Crippen LogP contribution in [0.15, 0.2) is 65.7 Å². The number of rotatable bonds is 4. The Bertz CT molecular complexity index is 740. The molecule has 1 heterocycles. The Morgan fingerprint density at radius 1 is 1.10 bits per heavy atom. The van der Waals surface area contributed by atoms with E-state index in [0.717, 1.165) is 16.3 Å². The molecule has 0 aliphatic heterocycles. The molecular weight excluding hydrogens is 285 g/mol. The molecule has 3 nitrogen and oxygen atoms in total. The summed E-state index contributed by atoms with van der Waals surface area (Å²) in [6.07, 6.45) is 1.93. The van der Waals surface area contributed by atoms with Crippen LogP contribution < -0.4 is 5.73 Å². The lowest BCUT2D eigenvalue weighted by Crippen LogP contribution is -1.95. The third kappa shape index (κ3) is 3.25. The molecule has 21 heavy (non-hydrogen) atoms. The summed E-state index contributed by atoms with van der Waals surface area (Å²) in [4.78, 5) is 0.843. The summed E-state index contributed by atoms with van der Waals surface area (Å²) in [5, 5.41) is 4.51. The van der Waals surface area contributed by atoms with Crippen LogP contribution in [0.5, 0.6) is 0 Å². The number of aromatic nitrogens is 2. The number of hydrogen-bond donors (Lipinski definition) is 1. The van der Waals surface area contributed by atoms with E-state index >= 15 is 0 Å². The first-order chi connectivity index (χ1) is 10.2. The first kappa shape index (κ1) is 13.7. The zero-order valence-electron chi connectivity index (χ0n) is 11.2. The molecule has 5 heteroatoms. The molecule has 2 aromatic carbocycles. The van der Waals surface area contributed by atoms with E-state index in [0.29, 0.717) is 5.75 Å². The van der Waals surface area contributed by atoms with Crippen LogP contribution in [0.25, 0.3) is 5.69 Å². The Kier molecular flexibility index (Phi) is 3.92. The van der Waals surface area contributed by atoms with Gasteiger partial charge in [0.2, 0.25) is 0 Å². The third-order valence-corrected chi connectivity index (χ3v) is 4.05. The highest BCUT2D eigenvalue weighted by atomic mass is 32.2. The fraction of sp³-hybridized carbons (Fsp3) is 0.0625. The van der Waals surface area contributed by atoms with Crippen molar-refractivity contribution in [2.24, 2.45) is 0 Å². The summed E-state index contributed by atoms with van der Waals surface area (Å²) in [6, 6.07) is 16.7. The minimum absolute atomic E-state index is 0.174. The van der Waals surface area contributed by atoms with Gasteiger partial charge in [0.1, 0.15) is 5.82 Å². The molecule has 106 valence electrons. The minimum atomic E-state index is -0.380. The molecule has 3 aromatic rings. The second-order valence-electron chi connectivity index (χ2n) is 4.56. The Balaban J connectivity index is 1.69. The maximum atomic E-state index is 13.4. The topological polar surface area (TPSA) is 43.8 Å². The lowest BCUT2D eigenvalue weighted by molar-refractivity contribution is 0.629. The number of hydrogen-bond acceptors (Lipinski definition) is 3. The molecule has 0 aliphatic carbocycles. The molecule has 0 unspecified atom stereocenters. The summed E-state index contributed by atoms with van der Waals surface area (Å²) >= 11 is 1.53. The number of nitrogen functional groups attached to an aromatic ring is 1. The first-order valence-electron chi connectivity index (χ1n) is 6.50. The van der Waals surface area contributed by atoms with Gasteiger partial charge in [-0.1, -0.05) is 18.2 Å². The molecule has 0 saturated carbocycles. The van der Waals surface area contributed by atoms with Gasteiger partial charge in [0.25, 0.3) is 0 Å². The predicted octanol–water partition coefficient (Wildman–Crippen LogP) is 3.89. The first-order valence-corrected chi connectivity index (χ1v) is 7.49. The largest absolute Gasteiger partial charge is 0.396 e. The monoisotopic (exact) mass is 299 g/mol. The SMILES string of the molecule is Nc1ccc(SCc2ccn(-c3ccccc3)n2)cc1F. The van der Waals surface area contributed by atoms with Gasteiger partial charge in [-0.2, -0.15) is 5.10 Å². The Morgan fingerprint density at radius 2 is 1.90 bits per heavy atom. The average Bonchev–Trinajstić information content (AvgIpc) is 2.98. The van der Waals surface area contributed by atoms with Crippen molar-refractivity contribution < 1.29 is 4.39 Å². The van der Waals surface area contributed by atoms with Crippen molar-refractivity contribution in [1.82, 2.24) is 9.78 Å². The highest BCUT2D eigenvalue weighted by molar-refractivity contribution is 7.98. The number of halogens is 1. The quantitative estimate of drug-likeness (QED) is 0.587. The number of thioether (sulfide) groups is 1. The Labute approximate surface area is 126 Å². The van der Waals surface area contributed by atoms with Gasteiger partial charge in [-0.3, -0.25) is 0 Å². The van der Waals surface area contributed by atoms with Crippen molar-refractivity contribution in [3.63, 3.8) is 0 Å². The van der Waals surface area contributed by atoms with Crippen LogP contribution in [-0.2, 0) is 5.75 Å². The van der Waals surface area contributed by atoms with E-state index in [4.69, 9.17) is 5.73 Å². The van der Waals surface area contributed by atoms with Crippen molar-refractivity contribution in [2.45, 2.75) is 10.6 Å². The van der Waals surface area contributed by atoms with Gasteiger partial charge in [-0.05, 0) is 36.4 Å². The number of nitrogens with two attached hydrogens (primary N) is 1. The minimum Gasteiger partial charge on any atom is -0.396 e. The van der Waals surface area contributed by atoms with Crippen molar-refractivity contribution >= 4 is 17.4 Å². The smallest absolute Gasteiger partial charge is 0.147 e. The average molecular weight is 299 g/mol. The van der Waals surface area contributed by atoms with Crippen molar-refractivity contribution in [3.05, 3.63) is 72.3 Å². The van der Waals surface area contributed by atoms with E-state index in [9.17, 15) is 4.39 Å². The number of benzene rings is 2. The lowest BCUT2D eigenvalue weighted by Gasteiger charge is -2.02. The molecule has 0 spiro atoms. The molecule has 0 bridgehead atoms. The van der Waals surface area contributed by atoms with Gasteiger partial charge in [0.15, 0.2) is 0 Å². The number of para-hydroxylation sites is 1. The predicted molar refractivity (Wildman–Crippen MR) is 83.9 cm³/mol. The van der Waals surface area contributed by atoms with Crippen LogP contribution >= 0.6 is 11.8 Å². The lowest BCUT2D eigenvalue weighted by atomic mass is 10.3. The second-order valence-corrected chi connectivity index (χ2v) is 5.61. The van der Waals surface area contributed by atoms with Crippen LogP contribution in [0.1, 0.15) is 5.69 Å². The second kappa shape index (κ2) is 6.01. The van der Waals surface area contributed by atoms with E-state index in [1.807, 2.05) is 53.3 Å². The van der Waals surface area contributed by atoms with Gasteiger partial charge in [-0.25, -0.2) is 9.07 Å². The summed E-state index contributed by atoms with van der Waals surface area (Å²) in [7, 11) is 0. The van der Waals surface area contributed by atoms with E-state index < -0.39 is 0 Å². The fourth-order valence-electron chi connectivity index (χ4n) is 1.92. The van der Waals surface area contributed by atoms with Crippen molar-refractivity contribution in [1.29, 1.82) is 0 Å². The summed E-state index contributed by atoms with van der Waals surface area (Å²) in [6.45, 7) is 0. The standard InChI is InChI=1S/C16H14FN3S/c17-15-10-14(6-7-16(15)18)21-11-12-8-9-20(19-12)13-4-2-1-3-5-13/h1-10H,11,18H2. The van der Waals surface area contributed by atoms with Crippen LogP contribution in [0.4, 0.5) is 10.1 Å².